The van der Waals surface area contributed by atoms with Crippen LogP contribution in [0, 0.1) is 5.82 Å². The third kappa shape index (κ3) is 4.50. The second-order valence-electron chi connectivity index (χ2n) is 7.93. The summed E-state index contributed by atoms with van der Waals surface area (Å²) in [7, 11) is 1.61. The van der Waals surface area contributed by atoms with Crippen LogP contribution >= 0.6 is 11.3 Å². The number of hydrazone groups is 1. The molecular weight excluding hydrogens is 437 g/mol. The molecule has 0 aliphatic heterocycles. The van der Waals surface area contributed by atoms with Crippen LogP contribution in [0.25, 0.3) is 10.2 Å². The quantitative estimate of drug-likeness (QED) is 0.272. The molecular formula is C26H22FN3O2S. The Bertz CT molecular complexity index is 1350. The summed E-state index contributed by atoms with van der Waals surface area (Å²) < 4.78 is 19.6. The molecule has 0 saturated carbocycles. The first-order valence-electron chi connectivity index (χ1n) is 10.8. The van der Waals surface area contributed by atoms with Crippen molar-refractivity contribution >= 4 is 38.8 Å². The fourth-order valence-corrected chi connectivity index (χ4v) is 4.92. The number of aromatic nitrogens is 1. The van der Waals surface area contributed by atoms with Crippen molar-refractivity contribution in [2.45, 2.75) is 25.7 Å². The van der Waals surface area contributed by atoms with E-state index in [9.17, 15) is 9.18 Å². The summed E-state index contributed by atoms with van der Waals surface area (Å²) in [5.41, 5.74) is 4.53. The van der Waals surface area contributed by atoms with Gasteiger partial charge in [0, 0.05) is 5.56 Å². The van der Waals surface area contributed by atoms with Gasteiger partial charge in [-0.15, -0.1) is 0 Å². The number of hydrogen-bond acceptors (Lipinski definition) is 5. The first kappa shape index (κ1) is 21.3. The van der Waals surface area contributed by atoms with Crippen LogP contribution in [0.5, 0.6) is 5.75 Å². The number of rotatable bonds is 5. The van der Waals surface area contributed by atoms with Crippen molar-refractivity contribution in [3.05, 3.63) is 88.7 Å². The van der Waals surface area contributed by atoms with Crippen LogP contribution in [0.3, 0.4) is 0 Å². The van der Waals surface area contributed by atoms with Crippen LogP contribution in [-0.4, -0.2) is 24.2 Å². The number of anilines is 1. The maximum Gasteiger partial charge on any atom is 0.280 e. The summed E-state index contributed by atoms with van der Waals surface area (Å²) in [5, 5.41) is 6.19. The molecule has 1 heterocycles. The lowest BCUT2D eigenvalue weighted by Crippen LogP contribution is -2.26. The van der Waals surface area contributed by atoms with Gasteiger partial charge in [0.05, 0.1) is 23.5 Å². The van der Waals surface area contributed by atoms with E-state index in [2.05, 4.69) is 10.1 Å². The first-order valence-corrected chi connectivity index (χ1v) is 11.6. The third-order valence-corrected chi connectivity index (χ3v) is 6.74. The topological polar surface area (TPSA) is 54.8 Å². The SMILES string of the molecule is COc1ccc(/C=N/N(C(=O)c2ccc3c(c2)CCCC3)c2nc3ccc(F)cc3s2)cc1. The minimum absolute atomic E-state index is 0.271. The number of halogens is 1. The monoisotopic (exact) mass is 459 g/mol. The molecule has 0 bridgehead atoms. The molecule has 0 N–H and O–H groups in total. The van der Waals surface area contributed by atoms with Crippen molar-refractivity contribution in [1.29, 1.82) is 0 Å². The second kappa shape index (κ2) is 9.11. The second-order valence-corrected chi connectivity index (χ2v) is 8.94. The molecule has 0 unspecified atom stereocenters. The standard InChI is InChI=1S/C26H22FN3O2S/c1-32-22-11-6-17(7-12-22)16-28-30(26-29-23-13-10-21(27)15-24(23)33-26)25(31)20-9-8-18-4-2-3-5-19(18)14-20/h6-16H,2-5H2,1H3/b28-16+. The van der Waals surface area contributed by atoms with Crippen LogP contribution < -0.4 is 9.75 Å². The Morgan fingerprint density at radius 3 is 2.64 bits per heavy atom. The molecule has 1 aliphatic carbocycles. The van der Waals surface area contributed by atoms with Crippen molar-refractivity contribution in [3.63, 3.8) is 0 Å². The lowest BCUT2D eigenvalue weighted by atomic mass is 9.90. The molecule has 0 fully saturated rings. The van der Waals surface area contributed by atoms with Crippen molar-refractivity contribution in [1.82, 2.24) is 4.98 Å². The fourth-order valence-electron chi connectivity index (χ4n) is 3.97. The summed E-state index contributed by atoms with van der Waals surface area (Å²) in [6.45, 7) is 0. The lowest BCUT2D eigenvalue weighted by molar-refractivity contribution is 0.0987. The molecule has 1 amide bonds. The molecule has 1 aliphatic rings. The summed E-state index contributed by atoms with van der Waals surface area (Å²) in [6, 6.07) is 17.6. The number of hydrogen-bond donors (Lipinski definition) is 0. The van der Waals surface area contributed by atoms with Gasteiger partial charge in [-0.2, -0.15) is 10.1 Å². The van der Waals surface area contributed by atoms with E-state index in [-0.39, 0.29) is 11.7 Å². The number of aryl methyl sites for hydroxylation is 2. The number of carbonyl (C=O) groups is 1. The highest BCUT2D eigenvalue weighted by Crippen LogP contribution is 2.31. The van der Waals surface area contributed by atoms with E-state index in [1.54, 1.807) is 19.4 Å². The zero-order valence-electron chi connectivity index (χ0n) is 18.1. The number of fused-ring (bicyclic) bond motifs is 2. The molecule has 3 aromatic carbocycles. The molecule has 166 valence electrons. The van der Waals surface area contributed by atoms with Crippen LogP contribution in [-0.2, 0) is 12.8 Å². The van der Waals surface area contributed by atoms with E-state index in [0.29, 0.717) is 20.9 Å². The van der Waals surface area contributed by atoms with E-state index in [1.807, 2.05) is 42.5 Å². The summed E-state index contributed by atoms with van der Waals surface area (Å²) in [5.74, 6) is 0.127. The molecule has 4 aromatic rings. The molecule has 0 saturated heterocycles. The Kier molecular flexibility index (Phi) is 5.88. The van der Waals surface area contributed by atoms with Crippen molar-refractivity contribution in [3.8, 4) is 5.75 Å². The van der Waals surface area contributed by atoms with Gasteiger partial charge in [0.25, 0.3) is 5.91 Å². The Balaban J connectivity index is 1.53. The largest absolute Gasteiger partial charge is 0.497 e. The maximum atomic E-state index is 13.7. The predicted octanol–water partition coefficient (Wildman–Crippen LogP) is 6.00. The van der Waals surface area contributed by atoms with Crippen LogP contribution in [0.4, 0.5) is 9.52 Å². The summed E-state index contributed by atoms with van der Waals surface area (Å²) in [4.78, 5) is 18.1. The van der Waals surface area contributed by atoms with Gasteiger partial charge >= 0.3 is 0 Å². The first-order chi connectivity index (χ1) is 16.1. The number of ether oxygens (including phenoxy) is 1. The zero-order chi connectivity index (χ0) is 22.8. The number of thiazole rings is 1. The summed E-state index contributed by atoms with van der Waals surface area (Å²) >= 11 is 1.23. The highest BCUT2D eigenvalue weighted by atomic mass is 32.1. The van der Waals surface area contributed by atoms with Gasteiger partial charge < -0.3 is 4.74 Å². The molecule has 5 rings (SSSR count). The van der Waals surface area contributed by atoms with Crippen LogP contribution in [0.2, 0.25) is 0 Å². The molecule has 0 spiro atoms. The van der Waals surface area contributed by atoms with Gasteiger partial charge in [-0.3, -0.25) is 4.79 Å². The Labute approximate surface area is 195 Å². The van der Waals surface area contributed by atoms with Gasteiger partial charge in [-0.1, -0.05) is 17.4 Å². The average molecular weight is 460 g/mol. The highest BCUT2D eigenvalue weighted by molar-refractivity contribution is 7.22. The molecule has 0 atom stereocenters. The average Bonchev–Trinajstić information content (AvgIpc) is 3.27. The van der Waals surface area contributed by atoms with Gasteiger partial charge in [0.1, 0.15) is 11.6 Å². The van der Waals surface area contributed by atoms with Crippen LogP contribution in [0.1, 0.15) is 39.9 Å². The van der Waals surface area contributed by atoms with E-state index in [0.717, 1.165) is 30.6 Å². The number of carbonyl (C=O) groups excluding carboxylic acids is 1. The van der Waals surface area contributed by atoms with E-state index >= 15 is 0 Å². The van der Waals surface area contributed by atoms with Gasteiger partial charge in [0.15, 0.2) is 0 Å². The van der Waals surface area contributed by atoms with Crippen LogP contribution in [0.15, 0.2) is 65.8 Å². The van der Waals surface area contributed by atoms with E-state index < -0.39 is 0 Å². The number of benzene rings is 3. The van der Waals surface area contributed by atoms with Gasteiger partial charge in [-0.05, 0) is 97.0 Å². The fraction of sp³-hybridized carbons (Fsp3) is 0.192. The molecule has 5 nitrogen and oxygen atoms in total. The Morgan fingerprint density at radius 2 is 1.85 bits per heavy atom. The molecule has 0 radical (unpaired) electrons. The Hall–Kier alpha value is -3.58. The zero-order valence-corrected chi connectivity index (χ0v) is 18.9. The maximum absolute atomic E-state index is 13.7. The van der Waals surface area contributed by atoms with Crippen molar-refractivity contribution < 1.29 is 13.9 Å². The number of amides is 1. The van der Waals surface area contributed by atoms with Gasteiger partial charge in [-0.25, -0.2) is 9.37 Å². The van der Waals surface area contributed by atoms with Gasteiger partial charge in [0.2, 0.25) is 5.13 Å². The van der Waals surface area contributed by atoms with E-state index in [1.165, 1.54) is 46.0 Å². The lowest BCUT2D eigenvalue weighted by Gasteiger charge is -2.18. The minimum Gasteiger partial charge on any atom is -0.497 e. The normalized spacial score (nSPS) is 13.3. The minimum atomic E-state index is -0.341. The number of methoxy groups -OCH3 is 1. The van der Waals surface area contributed by atoms with E-state index in [4.69, 9.17) is 4.74 Å². The van der Waals surface area contributed by atoms with Crippen molar-refractivity contribution in [2.75, 3.05) is 12.1 Å². The smallest absolute Gasteiger partial charge is 0.280 e. The Morgan fingerprint density at radius 1 is 1.06 bits per heavy atom. The molecule has 33 heavy (non-hydrogen) atoms. The van der Waals surface area contributed by atoms with Crippen molar-refractivity contribution in [2.24, 2.45) is 5.10 Å². The predicted molar refractivity (Wildman–Crippen MR) is 130 cm³/mol. The third-order valence-electron chi connectivity index (χ3n) is 5.75. The molecule has 7 heteroatoms. The summed E-state index contributed by atoms with van der Waals surface area (Å²) in [6.07, 6.45) is 5.95. The molecule has 1 aromatic heterocycles. The number of nitrogens with zero attached hydrogens (tertiary/aromatic N) is 3. The highest BCUT2D eigenvalue weighted by Gasteiger charge is 2.22.